The number of amides is 2. The van der Waals surface area contributed by atoms with Crippen molar-refractivity contribution in [2.24, 2.45) is 5.73 Å². The molecule has 0 saturated heterocycles. The Kier molecular flexibility index (Phi) is 5.48. The zero-order chi connectivity index (χ0) is 16.8. The summed E-state index contributed by atoms with van der Waals surface area (Å²) >= 11 is 0.943. The summed E-state index contributed by atoms with van der Waals surface area (Å²) in [6, 6.07) is 9.09. The minimum Gasteiger partial charge on any atom is -0.368 e. The van der Waals surface area contributed by atoms with Gasteiger partial charge in [0.25, 0.3) is 5.91 Å². The van der Waals surface area contributed by atoms with Crippen LogP contribution in [0.15, 0.2) is 53.7 Å². The molecule has 2 aromatic rings. The first-order valence-electron chi connectivity index (χ1n) is 6.80. The Morgan fingerprint density at radius 3 is 2.43 bits per heavy atom. The molecule has 2 amide bonds. The lowest BCUT2D eigenvalue weighted by molar-refractivity contribution is -0.119. The maximum Gasteiger partial charge on any atom is 0.253 e. The summed E-state index contributed by atoms with van der Waals surface area (Å²) in [5.74, 6) is -1.08. The number of thioether (sulfide) groups is 1. The van der Waals surface area contributed by atoms with E-state index in [1.54, 1.807) is 36.4 Å². The zero-order valence-electron chi connectivity index (χ0n) is 12.4. The molecule has 1 heterocycles. The second-order valence-electron chi connectivity index (χ2n) is 4.72. The summed E-state index contributed by atoms with van der Waals surface area (Å²) in [7, 11) is 0. The van der Waals surface area contributed by atoms with Gasteiger partial charge in [-0.2, -0.15) is 0 Å². The fourth-order valence-corrected chi connectivity index (χ4v) is 2.61. The summed E-state index contributed by atoms with van der Waals surface area (Å²) in [4.78, 5) is 39.9. The maximum absolute atomic E-state index is 12.2. The summed E-state index contributed by atoms with van der Waals surface area (Å²) in [6.45, 7) is 1.50. The number of hydrogen-bond acceptors (Lipinski definition) is 5. The van der Waals surface area contributed by atoms with E-state index in [0.717, 1.165) is 11.8 Å². The molecule has 0 aliphatic carbocycles. The number of aromatic nitrogens is 1. The Bertz CT molecular complexity index is 734. The summed E-state index contributed by atoms with van der Waals surface area (Å²) in [5, 5.41) is 2.30. The normalized spacial score (nSPS) is 11.5. The monoisotopic (exact) mass is 329 g/mol. The standard InChI is InChI=1S/C16H15N3O3S/c1-10(14(17)20)19-15(21)12-4-2-3-5-13(12)23-16(22)11-6-8-18-9-7-11/h2-10H,1H3,(H2,17,20)(H,19,21)/t10-/m1/s1. The quantitative estimate of drug-likeness (QED) is 0.812. The number of nitrogens with zero attached hydrogens (tertiary/aromatic N) is 1. The number of carbonyl (C=O) groups excluding carboxylic acids is 3. The number of hydrogen-bond donors (Lipinski definition) is 2. The smallest absolute Gasteiger partial charge is 0.253 e. The molecule has 0 spiro atoms. The minimum atomic E-state index is -0.795. The van der Waals surface area contributed by atoms with E-state index in [9.17, 15) is 14.4 Å². The highest BCUT2D eigenvalue weighted by Crippen LogP contribution is 2.26. The molecule has 7 heteroatoms. The first kappa shape index (κ1) is 16.7. The fraction of sp³-hybridized carbons (Fsp3) is 0.125. The van der Waals surface area contributed by atoms with Crippen molar-refractivity contribution < 1.29 is 14.4 Å². The zero-order valence-corrected chi connectivity index (χ0v) is 13.2. The molecule has 2 rings (SSSR count). The molecule has 0 unspecified atom stereocenters. The van der Waals surface area contributed by atoms with Gasteiger partial charge in [0.15, 0.2) is 0 Å². The van der Waals surface area contributed by atoms with Gasteiger partial charge in [-0.1, -0.05) is 12.1 Å². The molecule has 0 bridgehead atoms. The van der Waals surface area contributed by atoms with Crippen LogP contribution in [0.1, 0.15) is 27.6 Å². The van der Waals surface area contributed by atoms with E-state index in [0.29, 0.717) is 16.0 Å². The van der Waals surface area contributed by atoms with Gasteiger partial charge in [0, 0.05) is 22.9 Å². The molecule has 118 valence electrons. The molecule has 1 atom stereocenters. The molecular weight excluding hydrogens is 314 g/mol. The third-order valence-electron chi connectivity index (χ3n) is 3.02. The Morgan fingerprint density at radius 2 is 1.78 bits per heavy atom. The highest BCUT2D eigenvalue weighted by atomic mass is 32.2. The van der Waals surface area contributed by atoms with Crippen molar-refractivity contribution in [3.8, 4) is 0 Å². The number of nitrogens with two attached hydrogens (primary N) is 1. The third-order valence-corrected chi connectivity index (χ3v) is 4.02. The van der Waals surface area contributed by atoms with E-state index in [2.05, 4.69) is 10.3 Å². The van der Waals surface area contributed by atoms with Crippen molar-refractivity contribution in [2.45, 2.75) is 17.9 Å². The molecular formula is C16H15N3O3S. The van der Waals surface area contributed by atoms with Crippen molar-refractivity contribution in [3.63, 3.8) is 0 Å². The van der Waals surface area contributed by atoms with E-state index in [1.165, 1.54) is 19.3 Å². The van der Waals surface area contributed by atoms with Crippen molar-refractivity contribution in [1.29, 1.82) is 0 Å². The van der Waals surface area contributed by atoms with Crippen LogP contribution in [0, 0.1) is 0 Å². The lowest BCUT2D eigenvalue weighted by Crippen LogP contribution is -2.42. The van der Waals surface area contributed by atoms with Crippen LogP contribution in [-0.4, -0.2) is 28.0 Å². The third kappa shape index (κ3) is 4.40. The van der Waals surface area contributed by atoms with Crippen LogP contribution < -0.4 is 11.1 Å². The predicted molar refractivity (Wildman–Crippen MR) is 87.0 cm³/mol. The van der Waals surface area contributed by atoms with Crippen LogP contribution in [0.2, 0.25) is 0 Å². The van der Waals surface area contributed by atoms with Gasteiger partial charge in [0.2, 0.25) is 11.0 Å². The average molecular weight is 329 g/mol. The topological polar surface area (TPSA) is 102 Å². The van der Waals surface area contributed by atoms with Crippen molar-refractivity contribution >= 4 is 28.7 Å². The second-order valence-corrected chi connectivity index (χ2v) is 5.73. The van der Waals surface area contributed by atoms with Crippen molar-refractivity contribution in [2.75, 3.05) is 0 Å². The number of benzene rings is 1. The largest absolute Gasteiger partial charge is 0.368 e. The van der Waals surface area contributed by atoms with Gasteiger partial charge in [-0.15, -0.1) is 0 Å². The molecule has 0 aliphatic heterocycles. The first-order chi connectivity index (χ1) is 11.0. The van der Waals surface area contributed by atoms with Gasteiger partial charge in [-0.05, 0) is 43.0 Å². The number of nitrogens with one attached hydrogen (secondary N) is 1. The highest BCUT2D eigenvalue weighted by molar-refractivity contribution is 8.14. The molecule has 1 aromatic carbocycles. The van der Waals surface area contributed by atoms with Gasteiger partial charge in [0.05, 0.1) is 5.56 Å². The van der Waals surface area contributed by atoms with Gasteiger partial charge < -0.3 is 11.1 Å². The molecule has 0 saturated carbocycles. The van der Waals surface area contributed by atoms with Crippen LogP contribution in [0.4, 0.5) is 0 Å². The number of primary amides is 1. The lowest BCUT2D eigenvalue weighted by atomic mass is 10.2. The Hall–Kier alpha value is -2.67. The SMILES string of the molecule is C[C@@H](NC(=O)c1ccccc1SC(=O)c1ccncc1)C(N)=O. The maximum atomic E-state index is 12.2. The number of carbonyl (C=O) groups is 3. The van der Waals surface area contributed by atoms with Crippen molar-refractivity contribution in [1.82, 2.24) is 10.3 Å². The van der Waals surface area contributed by atoms with E-state index in [4.69, 9.17) is 5.73 Å². The Morgan fingerprint density at radius 1 is 1.13 bits per heavy atom. The highest BCUT2D eigenvalue weighted by Gasteiger charge is 2.18. The van der Waals surface area contributed by atoms with E-state index in [-0.39, 0.29) is 5.12 Å². The van der Waals surface area contributed by atoms with Crippen LogP contribution in [0.5, 0.6) is 0 Å². The van der Waals surface area contributed by atoms with Crippen LogP contribution >= 0.6 is 11.8 Å². The Labute approximate surface area is 137 Å². The summed E-state index contributed by atoms with van der Waals surface area (Å²) < 4.78 is 0. The lowest BCUT2D eigenvalue weighted by Gasteiger charge is -2.12. The van der Waals surface area contributed by atoms with E-state index >= 15 is 0 Å². The molecule has 23 heavy (non-hydrogen) atoms. The van der Waals surface area contributed by atoms with Gasteiger partial charge in [-0.3, -0.25) is 19.4 Å². The second kappa shape index (κ2) is 7.55. The van der Waals surface area contributed by atoms with Crippen molar-refractivity contribution in [3.05, 3.63) is 59.9 Å². The number of rotatable bonds is 5. The molecule has 0 radical (unpaired) electrons. The first-order valence-corrected chi connectivity index (χ1v) is 7.62. The molecule has 6 nitrogen and oxygen atoms in total. The molecule has 0 fully saturated rings. The molecule has 0 aliphatic rings. The fourth-order valence-electron chi connectivity index (χ4n) is 1.74. The van der Waals surface area contributed by atoms with Crippen LogP contribution in [-0.2, 0) is 4.79 Å². The number of pyridine rings is 1. The Balaban J connectivity index is 2.19. The molecule has 1 aromatic heterocycles. The summed E-state index contributed by atoms with van der Waals surface area (Å²) in [5.41, 5.74) is 5.94. The summed E-state index contributed by atoms with van der Waals surface area (Å²) in [6.07, 6.45) is 3.06. The van der Waals surface area contributed by atoms with Gasteiger partial charge in [0.1, 0.15) is 6.04 Å². The van der Waals surface area contributed by atoms with Crippen LogP contribution in [0.25, 0.3) is 0 Å². The van der Waals surface area contributed by atoms with E-state index < -0.39 is 17.9 Å². The molecule has 3 N–H and O–H groups in total. The van der Waals surface area contributed by atoms with Crippen LogP contribution in [0.3, 0.4) is 0 Å². The van der Waals surface area contributed by atoms with Gasteiger partial charge in [-0.25, -0.2) is 0 Å². The predicted octanol–water partition coefficient (Wildman–Crippen LogP) is 1.62. The van der Waals surface area contributed by atoms with Gasteiger partial charge >= 0.3 is 0 Å². The average Bonchev–Trinajstić information content (AvgIpc) is 2.55. The minimum absolute atomic E-state index is 0.199. The van der Waals surface area contributed by atoms with E-state index in [1.807, 2.05) is 0 Å².